The van der Waals surface area contributed by atoms with Gasteiger partial charge in [0, 0.05) is 23.2 Å². The largest absolute Gasteiger partial charge is 0.397 e. The summed E-state index contributed by atoms with van der Waals surface area (Å²) in [6.45, 7) is 2.52. The summed E-state index contributed by atoms with van der Waals surface area (Å²) in [6.07, 6.45) is 0.632. The van der Waals surface area contributed by atoms with Crippen molar-refractivity contribution in [3.63, 3.8) is 0 Å². The monoisotopic (exact) mass is 296 g/mol. The molecule has 6 heteroatoms. The Balaban J connectivity index is 2.16. The highest BCUT2D eigenvalue weighted by molar-refractivity contribution is 7.21. The summed E-state index contributed by atoms with van der Waals surface area (Å²) in [7, 11) is 0. The first-order chi connectivity index (χ1) is 9.52. The van der Waals surface area contributed by atoms with Crippen LogP contribution in [0, 0.1) is 11.7 Å². The third-order valence-electron chi connectivity index (χ3n) is 3.13. The van der Waals surface area contributed by atoms with Crippen molar-refractivity contribution < 1.29 is 14.3 Å². The van der Waals surface area contributed by atoms with Gasteiger partial charge in [-0.05, 0) is 30.5 Å². The van der Waals surface area contributed by atoms with E-state index in [9.17, 15) is 9.18 Å². The maximum absolute atomic E-state index is 13.2. The van der Waals surface area contributed by atoms with E-state index in [0.717, 1.165) is 4.70 Å². The molecule has 0 aliphatic rings. The van der Waals surface area contributed by atoms with Gasteiger partial charge in [0.15, 0.2) is 0 Å². The zero-order valence-electron chi connectivity index (χ0n) is 11.1. The van der Waals surface area contributed by atoms with E-state index in [1.807, 2.05) is 6.92 Å². The van der Waals surface area contributed by atoms with Crippen LogP contribution in [0.3, 0.4) is 0 Å². The summed E-state index contributed by atoms with van der Waals surface area (Å²) in [5.41, 5.74) is 6.23. The number of thiophene rings is 1. The molecule has 2 rings (SSSR count). The minimum absolute atomic E-state index is 0.0986. The van der Waals surface area contributed by atoms with Crippen LogP contribution in [-0.2, 0) is 0 Å². The van der Waals surface area contributed by atoms with Crippen molar-refractivity contribution >= 4 is 33.0 Å². The highest BCUT2D eigenvalue weighted by atomic mass is 32.1. The quantitative estimate of drug-likeness (QED) is 0.793. The second kappa shape index (κ2) is 6.19. The van der Waals surface area contributed by atoms with E-state index in [2.05, 4.69) is 5.32 Å². The fourth-order valence-electron chi connectivity index (χ4n) is 1.93. The van der Waals surface area contributed by atoms with Gasteiger partial charge in [-0.15, -0.1) is 11.3 Å². The molecular weight excluding hydrogens is 279 g/mol. The Bertz CT molecular complexity index is 627. The number of carbonyl (C=O) groups excluding carboxylic acids is 1. The van der Waals surface area contributed by atoms with Gasteiger partial charge in [-0.1, -0.05) is 6.92 Å². The van der Waals surface area contributed by atoms with Crippen molar-refractivity contribution in [3.05, 3.63) is 28.9 Å². The van der Waals surface area contributed by atoms with E-state index in [0.29, 0.717) is 28.9 Å². The maximum Gasteiger partial charge on any atom is 0.263 e. The third-order valence-corrected chi connectivity index (χ3v) is 4.31. The molecule has 0 saturated heterocycles. The van der Waals surface area contributed by atoms with E-state index >= 15 is 0 Å². The van der Waals surface area contributed by atoms with Crippen LogP contribution in [0.4, 0.5) is 10.1 Å². The number of carbonyl (C=O) groups is 1. The highest BCUT2D eigenvalue weighted by Crippen LogP contribution is 2.33. The number of aliphatic hydroxyl groups excluding tert-OH is 1. The predicted molar refractivity (Wildman–Crippen MR) is 79.4 cm³/mol. The van der Waals surface area contributed by atoms with E-state index in [-0.39, 0.29) is 24.2 Å². The summed E-state index contributed by atoms with van der Waals surface area (Å²) in [4.78, 5) is 12.5. The van der Waals surface area contributed by atoms with Crippen molar-refractivity contribution in [3.8, 4) is 0 Å². The van der Waals surface area contributed by atoms with Crippen molar-refractivity contribution in [1.82, 2.24) is 5.32 Å². The fourth-order valence-corrected chi connectivity index (χ4v) is 2.95. The SMILES string of the molecule is CC(CCO)CNC(=O)c1sc2ccc(F)cc2c1N. The summed E-state index contributed by atoms with van der Waals surface area (Å²) in [5.74, 6) is -0.434. The zero-order valence-corrected chi connectivity index (χ0v) is 12.0. The number of fused-ring (bicyclic) bond motifs is 1. The number of nitrogens with two attached hydrogens (primary N) is 1. The number of hydrogen-bond donors (Lipinski definition) is 3. The topological polar surface area (TPSA) is 75.3 Å². The van der Waals surface area contributed by atoms with E-state index < -0.39 is 0 Å². The summed E-state index contributed by atoms with van der Waals surface area (Å²) in [5, 5.41) is 12.2. The molecule has 0 aliphatic carbocycles. The molecule has 108 valence electrons. The lowest BCUT2D eigenvalue weighted by molar-refractivity contribution is 0.0950. The lowest BCUT2D eigenvalue weighted by Crippen LogP contribution is -2.28. The Morgan fingerprint density at radius 1 is 1.55 bits per heavy atom. The molecule has 1 aromatic carbocycles. The van der Waals surface area contributed by atoms with Crippen LogP contribution in [0.25, 0.3) is 10.1 Å². The van der Waals surface area contributed by atoms with Crippen LogP contribution in [-0.4, -0.2) is 24.2 Å². The molecule has 0 fully saturated rings. The van der Waals surface area contributed by atoms with Gasteiger partial charge < -0.3 is 16.2 Å². The van der Waals surface area contributed by atoms with Gasteiger partial charge in [-0.25, -0.2) is 4.39 Å². The zero-order chi connectivity index (χ0) is 14.7. The molecular formula is C14H17FN2O2S. The van der Waals surface area contributed by atoms with Gasteiger partial charge in [0.1, 0.15) is 10.7 Å². The van der Waals surface area contributed by atoms with Gasteiger partial charge in [-0.2, -0.15) is 0 Å². The number of anilines is 1. The number of benzene rings is 1. The number of hydrogen-bond acceptors (Lipinski definition) is 4. The molecule has 4 N–H and O–H groups in total. The molecule has 0 aliphatic heterocycles. The summed E-state index contributed by atoms with van der Waals surface area (Å²) in [6, 6.07) is 4.31. The molecule has 1 amide bonds. The number of aliphatic hydroxyl groups is 1. The normalized spacial score (nSPS) is 12.6. The second-order valence-corrected chi connectivity index (χ2v) is 5.87. The number of nitrogens with one attached hydrogen (secondary N) is 1. The van der Waals surface area contributed by atoms with Crippen LogP contribution in [0.15, 0.2) is 18.2 Å². The Morgan fingerprint density at radius 2 is 2.30 bits per heavy atom. The Labute approximate surface area is 120 Å². The van der Waals surface area contributed by atoms with Crippen molar-refractivity contribution in [1.29, 1.82) is 0 Å². The van der Waals surface area contributed by atoms with Gasteiger partial charge >= 0.3 is 0 Å². The Morgan fingerprint density at radius 3 is 3.00 bits per heavy atom. The fraction of sp³-hybridized carbons (Fsp3) is 0.357. The smallest absolute Gasteiger partial charge is 0.263 e. The minimum Gasteiger partial charge on any atom is -0.397 e. The van der Waals surface area contributed by atoms with Gasteiger partial charge in [0.2, 0.25) is 0 Å². The van der Waals surface area contributed by atoms with Gasteiger partial charge in [-0.3, -0.25) is 4.79 Å². The molecule has 4 nitrogen and oxygen atoms in total. The first kappa shape index (κ1) is 14.7. The Hall–Kier alpha value is -1.66. The first-order valence-corrected chi connectivity index (χ1v) is 7.21. The molecule has 2 aromatic rings. The molecule has 0 saturated carbocycles. The summed E-state index contributed by atoms with van der Waals surface area (Å²) >= 11 is 1.25. The first-order valence-electron chi connectivity index (χ1n) is 6.39. The van der Waals surface area contributed by atoms with Crippen LogP contribution in [0.2, 0.25) is 0 Å². The Kier molecular flexibility index (Phi) is 4.57. The van der Waals surface area contributed by atoms with E-state index in [1.165, 1.54) is 23.5 Å². The van der Waals surface area contributed by atoms with E-state index in [4.69, 9.17) is 10.8 Å². The molecule has 20 heavy (non-hydrogen) atoms. The van der Waals surface area contributed by atoms with Crippen molar-refractivity contribution in [2.45, 2.75) is 13.3 Å². The second-order valence-electron chi connectivity index (χ2n) is 4.81. The number of halogens is 1. The standard InChI is InChI=1S/C14H17FN2O2S/c1-8(4-5-18)7-17-14(19)13-12(16)10-6-9(15)2-3-11(10)20-13/h2-3,6,8,18H,4-5,7,16H2,1H3,(H,17,19). The van der Waals surface area contributed by atoms with Crippen LogP contribution >= 0.6 is 11.3 Å². The molecule has 1 atom stereocenters. The van der Waals surface area contributed by atoms with Gasteiger partial charge in [0.25, 0.3) is 5.91 Å². The third kappa shape index (κ3) is 3.08. The molecule has 1 heterocycles. The van der Waals surface area contributed by atoms with Crippen LogP contribution in [0.5, 0.6) is 0 Å². The molecule has 1 unspecified atom stereocenters. The maximum atomic E-state index is 13.2. The van der Waals surface area contributed by atoms with E-state index in [1.54, 1.807) is 6.07 Å². The molecule has 1 aromatic heterocycles. The van der Waals surface area contributed by atoms with Gasteiger partial charge in [0.05, 0.1) is 5.69 Å². The highest BCUT2D eigenvalue weighted by Gasteiger charge is 2.17. The summed E-state index contributed by atoms with van der Waals surface area (Å²) < 4.78 is 14.0. The van der Waals surface area contributed by atoms with Crippen molar-refractivity contribution in [2.24, 2.45) is 5.92 Å². The van der Waals surface area contributed by atoms with Crippen LogP contribution < -0.4 is 11.1 Å². The average Bonchev–Trinajstić information content (AvgIpc) is 2.74. The lowest BCUT2D eigenvalue weighted by Gasteiger charge is -2.10. The van der Waals surface area contributed by atoms with Crippen LogP contribution in [0.1, 0.15) is 23.0 Å². The predicted octanol–water partition coefficient (Wildman–Crippen LogP) is 2.37. The van der Waals surface area contributed by atoms with Crippen molar-refractivity contribution in [2.75, 3.05) is 18.9 Å². The minimum atomic E-state index is -0.370. The number of nitrogen functional groups attached to an aromatic ring is 1. The average molecular weight is 296 g/mol. The number of amides is 1. The molecule has 0 spiro atoms. The molecule has 0 radical (unpaired) electrons. The lowest BCUT2D eigenvalue weighted by atomic mass is 10.1. The number of rotatable bonds is 5. The molecule has 0 bridgehead atoms.